The van der Waals surface area contributed by atoms with Gasteiger partial charge < -0.3 is 0 Å². The van der Waals surface area contributed by atoms with Crippen LogP contribution in [-0.4, -0.2) is 12.2 Å². The Morgan fingerprint density at radius 3 is 1.81 bits per heavy atom. The third-order valence-corrected chi connectivity index (χ3v) is 2.95. The molecule has 2 rings (SSSR count). The average molecular weight is 276 g/mol. The van der Waals surface area contributed by atoms with Crippen molar-refractivity contribution in [3.63, 3.8) is 0 Å². The van der Waals surface area contributed by atoms with Crippen LogP contribution in [0.1, 0.15) is 18.1 Å². The topological polar surface area (TPSA) is 58.9 Å². The Balaban J connectivity index is 2.23. The van der Waals surface area contributed by atoms with E-state index in [0.717, 1.165) is 16.7 Å². The molecule has 0 N–H and O–H groups in total. The first kappa shape index (κ1) is 14.4. The van der Waals surface area contributed by atoms with Crippen molar-refractivity contribution in [2.75, 3.05) is 0 Å². The van der Waals surface area contributed by atoms with Crippen molar-refractivity contribution in [1.82, 2.24) is 0 Å². The molecule has 0 aromatic heterocycles. The summed E-state index contributed by atoms with van der Waals surface area (Å²) in [6.45, 7) is 2.00. The lowest BCUT2D eigenvalue weighted by molar-refractivity contribution is 0.564. The summed E-state index contributed by atoms with van der Waals surface area (Å²) < 4.78 is 0. The highest BCUT2D eigenvalue weighted by Gasteiger charge is 1.97. The third-order valence-electron chi connectivity index (χ3n) is 2.95. The van der Waals surface area contributed by atoms with Gasteiger partial charge in [0.15, 0.2) is 0 Å². The van der Waals surface area contributed by atoms with Crippen LogP contribution in [0.4, 0.5) is 11.4 Å². The number of hydrogen-bond acceptors (Lipinski definition) is 4. The van der Waals surface area contributed by atoms with Gasteiger partial charge in [-0.15, -0.1) is 0 Å². The van der Waals surface area contributed by atoms with Crippen LogP contribution in [0.5, 0.6) is 0 Å². The number of isocyanates is 2. The van der Waals surface area contributed by atoms with E-state index in [0.29, 0.717) is 11.4 Å². The first-order valence-electron chi connectivity index (χ1n) is 6.27. The van der Waals surface area contributed by atoms with E-state index in [-0.39, 0.29) is 0 Å². The molecule has 0 aliphatic heterocycles. The van der Waals surface area contributed by atoms with Gasteiger partial charge in [0.2, 0.25) is 12.2 Å². The van der Waals surface area contributed by atoms with Crippen LogP contribution in [-0.2, 0) is 9.59 Å². The Labute approximate surface area is 122 Å². The van der Waals surface area contributed by atoms with Crippen LogP contribution >= 0.6 is 0 Å². The molecule has 2 aromatic rings. The van der Waals surface area contributed by atoms with Gasteiger partial charge in [-0.2, -0.15) is 9.98 Å². The van der Waals surface area contributed by atoms with Gasteiger partial charge in [-0.1, -0.05) is 30.3 Å². The van der Waals surface area contributed by atoms with E-state index >= 15 is 0 Å². The number of hydrogen-bond donors (Lipinski definition) is 0. The largest absolute Gasteiger partial charge is 0.240 e. The van der Waals surface area contributed by atoms with Crippen LogP contribution < -0.4 is 0 Å². The predicted molar refractivity (Wildman–Crippen MR) is 82.0 cm³/mol. The predicted octanol–water partition coefficient (Wildman–Crippen LogP) is 4.18. The number of nitrogens with zero attached hydrogens (tertiary/aromatic N) is 2. The third kappa shape index (κ3) is 3.95. The van der Waals surface area contributed by atoms with E-state index in [1.807, 2.05) is 37.3 Å². The minimum atomic E-state index is 0.580. The van der Waals surface area contributed by atoms with E-state index in [1.54, 1.807) is 24.3 Å². The maximum atomic E-state index is 10.2. The van der Waals surface area contributed by atoms with Crippen molar-refractivity contribution < 1.29 is 9.59 Å². The van der Waals surface area contributed by atoms with Crippen molar-refractivity contribution in [2.45, 2.75) is 6.92 Å². The number of benzene rings is 2. The van der Waals surface area contributed by atoms with E-state index in [9.17, 15) is 9.59 Å². The van der Waals surface area contributed by atoms with Crippen LogP contribution in [0.3, 0.4) is 0 Å². The second kappa shape index (κ2) is 6.92. The molecule has 0 heterocycles. The minimum Gasteiger partial charge on any atom is -0.211 e. The molecule has 0 saturated heterocycles. The van der Waals surface area contributed by atoms with Crippen molar-refractivity contribution >= 4 is 35.2 Å². The zero-order valence-corrected chi connectivity index (χ0v) is 11.4. The summed E-state index contributed by atoms with van der Waals surface area (Å²) in [5.41, 5.74) is 4.28. The Kier molecular flexibility index (Phi) is 4.73. The first-order chi connectivity index (χ1) is 10.2. The Morgan fingerprint density at radius 2 is 1.33 bits per heavy atom. The Hall–Kier alpha value is -3.06. The SMILES string of the molecule is C/C(=C\c1ccc(N=C=O)cc1)c1ccc(N=C=O)cc1. The van der Waals surface area contributed by atoms with Gasteiger partial charge in [0, 0.05) is 0 Å². The molecule has 21 heavy (non-hydrogen) atoms. The molecular weight excluding hydrogens is 264 g/mol. The highest BCUT2D eigenvalue weighted by Crippen LogP contribution is 2.22. The number of aliphatic imine (C=N–C) groups is 2. The number of rotatable bonds is 4. The standard InChI is InChI=1S/C17H12N2O2/c1-13(15-4-8-17(9-5-15)19-12-21)10-14-2-6-16(7-3-14)18-11-20/h2-10H,1H3/b13-10+. The lowest BCUT2D eigenvalue weighted by Crippen LogP contribution is -1.79. The van der Waals surface area contributed by atoms with E-state index in [2.05, 4.69) is 9.98 Å². The van der Waals surface area contributed by atoms with Crippen molar-refractivity contribution in [3.8, 4) is 0 Å². The molecular formula is C17H12N2O2. The first-order valence-corrected chi connectivity index (χ1v) is 6.27. The van der Waals surface area contributed by atoms with Gasteiger partial charge >= 0.3 is 0 Å². The maximum Gasteiger partial charge on any atom is 0.240 e. The van der Waals surface area contributed by atoms with E-state index in [4.69, 9.17) is 0 Å². The van der Waals surface area contributed by atoms with Gasteiger partial charge in [0.25, 0.3) is 0 Å². The van der Waals surface area contributed by atoms with Gasteiger partial charge in [0.05, 0.1) is 11.4 Å². The monoisotopic (exact) mass is 276 g/mol. The summed E-state index contributed by atoms with van der Waals surface area (Å²) in [5.74, 6) is 0. The van der Waals surface area contributed by atoms with Crippen LogP contribution in [0.15, 0.2) is 58.5 Å². The highest BCUT2D eigenvalue weighted by atomic mass is 16.1. The summed E-state index contributed by atoms with van der Waals surface area (Å²) >= 11 is 0. The number of carbonyl (C=O) groups excluding carboxylic acids is 2. The summed E-state index contributed by atoms with van der Waals surface area (Å²) in [4.78, 5) is 27.4. The minimum absolute atomic E-state index is 0.580. The average Bonchev–Trinajstić information content (AvgIpc) is 2.50. The van der Waals surface area contributed by atoms with Gasteiger partial charge in [0.1, 0.15) is 0 Å². The Bertz CT molecular complexity index is 746. The lowest BCUT2D eigenvalue weighted by Gasteiger charge is -2.02. The van der Waals surface area contributed by atoms with Crippen molar-refractivity contribution in [2.24, 2.45) is 9.98 Å². The molecule has 102 valence electrons. The molecule has 0 aliphatic rings. The molecule has 0 saturated carbocycles. The second-order valence-corrected chi connectivity index (χ2v) is 4.37. The molecule has 0 atom stereocenters. The molecule has 0 unspecified atom stereocenters. The zero-order valence-electron chi connectivity index (χ0n) is 11.4. The molecule has 0 radical (unpaired) electrons. The van der Waals surface area contributed by atoms with Crippen LogP contribution in [0, 0.1) is 0 Å². The van der Waals surface area contributed by atoms with Gasteiger partial charge in [-0.05, 0) is 47.9 Å². The molecule has 2 aromatic carbocycles. The number of allylic oxidation sites excluding steroid dienone is 1. The normalized spacial score (nSPS) is 10.4. The lowest BCUT2D eigenvalue weighted by atomic mass is 10.0. The zero-order chi connectivity index (χ0) is 15.1. The van der Waals surface area contributed by atoms with Gasteiger partial charge in [-0.3, -0.25) is 0 Å². The van der Waals surface area contributed by atoms with E-state index in [1.165, 1.54) is 12.2 Å². The smallest absolute Gasteiger partial charge is 0.211 e. The molecule has 0 fully saturated rings. The molecule has 0 amide bonds. The highest BCUT2D eigenvalue weighted by molar-refractivity contribution is 5.80. The van der Waals surface area contributed by atoms with Crippen LogP contribution in [0.25, 0.3) is 11.6 Å². The Morgan fingerprint density at radius 1 is 0.857 bits per heavy atom. The van der Waals surface area contributed by atoms with Crippen molar-refractivity contribution in [1.29, 1.82) is 0 Å². The fourth-order valence-electron chi connectivity index (χ4n) is 1.88. The molecule has 0 aliphatic carbocycles. The summed E-state index contributed by atoms with van der Waals surface area (Å²) in [6, 6.07) is 14.6. The molecule has 4 nitrogen and oxygen atoms in total. The van der Waals surface area contributed by atoms with Crippen LogP contribution in [0.2, 0.25) is 0 Å². The fraction of sp³-hybridized carbons (Fsp3) is 0.0588. The van der Waals surface area contributed by atoms with Gasteiger partial charge in [-0.25, -0.2) is 9.59 Å². The molecule has 0 bridgehead atoms. The summed E-state index contributed by atoms with van der Waals surface area (Å²) in [6.07, 6.45) is 5.04. The molecule has 4 heteroatoms. The maximum absolute atomic E-state index is 10.2. The summed E-state index contributed by atoms with van der Waals surface area (Å²) in [5, 5.41) is 0. The van der Waals surface area contributed by atoms with E-state index < -0.39 is 0 Å². The second-order valence-electron chi connectivity index (χ2n) is 4.37. The van der Waals surface area contributed by atoms with Crippen molar-refractivity contribution in [3.05, 3.63) is 59.7 Å². The quantitative estimate of drug-likeness (QED) is 0.477. The fourth-order valence-corrected chi connectivity index (χ4v) is 1.88. The summed E-state index contributed by atoms with van der Waals surface area (Å²) in [7, 11) is 0. The molecule has 0 spiro atoms.